The van der Waals surface area contributed by atoms with E-state index in [2.05, 4.69) is 5.32 Å². The topological polar surface area (TPSA) is 29.9 Å². The minimum atomic E-state index is 0.527. The van der Waals surface area contributed by atoms with Crippen LogP contribution in [0.15, 0.2) is 42.5 Å². The van der Waals surface area contributed by atoms with Gasteiger partial charge < -0.3 is 5.32 Å². The number of fused-ring (bicyclic) bond motifs is 1. The van der Waals surface area contributed by atoms with Crippen LogP contribution < -0.4 is 5.32 Å². The average Bonchev–Trinajstić information content (AvgIpc) is 3.12. The van der Waals surface area contributed by atoms with Gasteiger partial charge in [0.05, 0.1) is 21.4 Å². The van der Waals surface area contributed by atoms with E-state index in [9.17, 15) is 0 Å². The highest BCUT2D eigenvalue weighted by Gasteiger charge is 2.25. The molecular formula is C17H12Cl3N3. The predicted molar refractivity (Wildman–Crippen MR) is 96.2 cm³/mol. The number of rotatable bonds is 2. The number of nitrogens with one attached hydrogen (secondary N) is 1. The molecule has 3 aromatic rings. The third-order valence-electron chi connectivity index (χ3n) is 3.91. The number of halogens is 3. The highest BCUT2D eigenvalue weighted by molar-refractivity contribution is 6.43. The van der Waals surface area contributed by atoms with E-state index in [0.717, 1.165) is 41.3 Å². The van der Waals surface area contributed by atoms with E-state index in [1.807, 2.05) is 41.1 Å². The van der Waals surface area contributed by atoms with Gasteiger partial charge in [0.2, 0.25) is 0 Å². The zero-order valence-electron chi connectivity index (χ0n) is 12.0. The second-order valence-electron chi connectivity index (χ2n) is 5.35. The van der Waals surface area contributed by atoms with Crippen molar-refractivity contribution in [2.24, 2.45) is 0 Å². The number of nitrogens with zero attached hydrogens (tertiary/aromatic N) is 2. The summed E-state index contributed by atoms with van der Waals surface area (Å²) in [6, 6.07) is 13.2. The molecule has 0 saturated carbocycles. The lowest BCUT2D eigenvalue weighted by molar-refractivity contribution is 0.882. The Balaban J connectivity index is 1.93. The van der Waals surface area contributed by atoms with Crippen LogP contribution in [0.25, 0.3) is 16.9 Å². The van der Waals surface area contributed by atoms with Crippen molar-refractivity contribution in [2.75, 3.05) is 11.9 Å². The van der Waals surface area contributed by atoms with Crippen molar-refractivity contribution in [2.45, 2.75) is 6.42 Å². The van der Waals surface area contributed by atoms with Gasteiger partial charge in [0.1, 0.15) is 5.82 Å². The van der Waals surface area contributed by atoms with E-state index in [1.165, 1.54) is 0 Å². The Hall–Kier alpha value is -1.68. The first-order valence-electron chi connectivity index (χ1n) is 7.21. The minimum Gasteiger partial charge on any atom is -0.369 e. The summed E-state index contributed by atoms with van der Waals surface area (Å²) in [5, 5.41) is 9.89. The highest BCUT2D eigenvalue weighted by atomic mass is 35.5. The van der Waals surface area contributed by atoms with Crippen LogP contribution >= 0.6 is 34.8 Å². The Morgan fingerprint density at radius 1 is 1.04 bits per heavy atom. The van der Waals surface area contributed by atoms with E-state index in [1.54, 1.807) is 6.07 Å². The molecule has 6 heteroatoms. The molecule has 0 amide bonds. The van der Waals surface area contributed by atoms with Crippen LogP contribution in [0.3, 0.4) is 0 Å². The summed E-state index contributed by atoms with van der Waals surface area (Å²) in [7, 11) is 0. The number of aromatic nitrogens is 2. The average molecular weight is 365 g/mol. The van der Waals surface area contributed by atoms with Crippen molar-refractivity contribution in [3.8, 4) is 16.9 Å². The van der Waals surface area contributed by atoms with Crippen LogP contribution in [-0.4, -0.2) is 16.3 Å². The molecule has 0 atom stereocenters. The number of benzene rings is 2. The summed E-state index contributed by atoms with van der Waals surface area (Å²) in [6.07, 6.45) is 0.897. The van der Waals surface area contributed by atoms with Gasteiger partial charge in [0.25, 0.3) is 0 Å². The lowest BCUT2D eigenvalue weighted by atomic mass is 10.1. The van der Waals surface area contributed by atoms with E-state index in [0.29, 0.717) is 15.1 Å². The molecule has 3 nitrogen and oxygen atoms in total. The quantitative estimate of drug-likeness (QED) is 0.653. The summed E-state index contributed by atoms with van der Waals surface area (Å²) < 4.78 is 1.88. The van der Waals surface area contributed by atoms with E-state index in [-0.39, 0.29) is 0 Å². The fraction of sp³-hybridized carbons (Fsp3) is 0.118. The Bertz CT molecular complexity index is 902. The number of anilines is 1. The van der Waals surface area contributed by atoms with E-state index >= 15 is 0 Å². The molecule has 2 heterocycles. The third kappa shape index (κ3) is 2.49. The van der Waals surface area contributed by atoms with Gasteiger partial charge in [-0.2, -0.15) is 5.10 Å². The molecule has 0 fully saturated rings. The molecule has 1 aromatic heterocycles. The summed E-state index contributed by atoms with van der Waals surface area (Å²) in [4.78, 5) is 0. The molecule has 0 radical (unpaired) electrons. The van der Waals surface area contributed by atoms with Gasteiger partial charge in [0.15, 0.2) is 0 Å². The van der Waals surface area contributed by atoms with Crippen LogP contribution in [0.1, 0.15) is 5.56 Å². The maximum atomic E-state index is 6.39. The van der Waals surface area contributed by atoms with Crippen LogP contribution in [0.2, 0.25) is 15.1 Å². The molecule has 4 rings (SSSR count). The van der Waals surface area contributed by atoms with Crippen molar-refractivity contribution < 1.29 is 0 Å². The zero-order chi connectivity index (χ0) is 16.0. The zero-order valence-corrected chi connectivity index (χ0v) is 14.3. The second-order valence-corrected chi connectivity index (χ2v) is 6.57. The molecule has 1 N–H and O–H groups in total. The first-order valence-corrected chi connectivity index (χ1v) is 8.34. The van der Waals surface area contributed by atoms with E-state index in [4.69, 9.17) is 39.9 Å². The molecule has 116 valence electrons. The fourth-order valence-corrected chi connectivity index (χ4v) is 3.45. The van der Waals surface area contributed by atoms with Gasteiger partial charge >= 0.3 is 0 Å². The molecule has 0 aliphatic carbocycles. The van der Waals surface area contributed by atoms with Gasteiger partial charge in [-0.05, 0) is 30.7 Å². The minimum absolute atomic E-state index is 0.527. The Morgan fingerprint density at radius 2 is 1.87 bits per heavy atom. The Kier molecular flexibility index (Phi) is 3.72. The smallest absolute Gasteiger partial charge is 0.133 e. The molecule has 0 unspecified atom stereocenters. The molecule has 0 saturated heterocycles. The van der Waals surface area contributed by atoms with Crippen molar-refractivity contribution in [3.05, 3.63) is 63.1 Å². The van der Waals surface area contributed by atoms with Gasteiger partial charge in [-0.25, -0.2) is 4.68 Å². The van der Waals surface area contributed by atoms with Crippen LogP contribution in [0.5, 0.6) is 0 Å². The number of hydrogen-bond acceptors (Lipinski definition) is 2. The second kappa shape index (κ2) is 5.75. The monoisotopic (exact) mass is 363 g/mol. The van der Waals surface area contributed by atoms with Crippen molar-refractivity contribution in [3.63, 3.8) is 0 Å². The lowest BCUT2D eigenvalue weighted by Gasteiger charge is -2.07. The molecule has 1 aliphatic rings. The first kappa shape index (κ1) is 14.9. The SMILES string of the molecule is Clc1cccc(-n2nc(-c3cccc(Cl)c3Cl)c3c2NCC3)c1. The molecule has 1 aliphatic heterocycles. The van der Waals surface area contributed by atoms with Crippen LogP contribution in [-0.2, 0) is 6.42 Å². The lowest BCUT2D eigenvalue weighted by Crippen LogP contribution is -2.04. The Morgan fingerprint density at radius 3 is 2.70 bits per heavy atom. The Labute approximate surface area is 148 Å². The van der Waals surface area contributed by atoms with Crippen molar-refractivity contribution >= 4 is 40.6 Å². The summed E-state index contributed by atoms with van der Waals surface area (Å²) in [5.74, 6) is 0.985. The normalized spacial score (nSPS) is 13.0. The summed E-state index contributed by atoms with van der Waals surface area (Å²) in [5.41, 5.74) is 3.76. The van der Waals surface area contributed by atoms with Crippen LogP contribution in [0.4, 0.5) is 5.82 Å². The highest BCUT2D eigenvalue weighted by Crippen LogP contribution is 2.39. The third-order valence-corrected chi connectivity index (χ3v) is 4.96. The summed E-state index contributed by atoms with van der Waals surface area (Å²) >= 11 is 18.7. The van der Waals surface area contributed by atoms with Crippen molar-refractivity contribution in [1.29, 1.82) is 0 Å². The molecule has 0 spiro atoms. The molecule has 2 aromatic carbocycles. The maximum Gasteiger partial charge on any atom is 0.133 e. The van der Waals surface area contributed by atoms with Gasteiger partial charge in [-0.3, -0.25) is 0 Å². The first-order chi connectivity index (χ1) is 11.1. The molecular weight excluding hydrogens is 353 g/mol. The predicted octanol–water partition coefficient (Wildman–Crippen LogP) is 5.47. The van der Waals surface area contributed by atoms with Crippen molar-refractivity contribution in [1.82, 2.24) is 9.78 Å². The largest absolute Gasteiger partial charge is 0.369 e. The number of hydrogen-bond donors (Lipinski definition) is 1. The maximum absolute atomic E-state index is 6.39. The van der Waals surface area contributed by atoms with E-state index < -0.39 is 0 Å². The fourth-order valence-electron chi connectivity index (χ4n) is 2.87. The van der Waals surface area contributed by atoms with Crippen LogP contribution in [0, 0.1) is 0 Å². The molecule has 23 heavy (non-hydrogen) atoms. The standard InChI is InChI=1S/C17H12Cl3N3/c18-10-3-1-4-11(9-10)23-17-13(7-8-21-17)16(22-23)12-5-2-6-14(19)15(12)20/h1-6,9,21H,7-8H2. The van der Waals surface area contributed by atoms with Gasteiger partial charge in [0, 0.05) is 22.7 Å². The summed E-state index contributed by atoms with van der Waals surface area (Å²) in [6.45, 7) is 0.874. The van der Waals surface area contributed by atoms with Gasteiger partial charge in [-0.1, -0.05) is 53.0 Å². The molecule has 0 bridgehead atoms. The van der Waals surface area contributed by atoms with Gasteiger partial charge in [-0.15, -0.1) is 0 Å².